The number of carbonyl (C=O) groups is 2. The molecule has 5 nitrogen and oxygen atoms in total. The van der Waals surface area contributed by atoms with E-state index in [0.29, 0.717) is 0 Å². The molecule has 0 aliphatic rings. The van der Waals surface area contributed by atoms with Gasteiger partial charge in [-0.1, -0.05) is 0 Å². The fourth-order valence-corrected chi connectivity index (χ4v) is 0.539. The Balaban J connectivity index is 4.27. The lowest BCUT2D eigenvalue weighted by atomic mass is 10.4. The zero-order chi connectivity index (χ0) is 9.56. The average Bonchev–Trinajstić information content (AvgIpc) is 2.01. The molecule has 0 fully saturated rings. The highest BCUT2D eigenvalue weighted by atomic mass is 16.4. The minimum Gasteiger partial charge on any atom is -0.480 e. The van der Waals surface area contributed by atoms with Crippen LogP contribution >= 0.6 is 0 Å². The Morgan fingerprint density at radius 2 is 2.17 bits per heavy atom. The predicted octanol–water partition coefficient (Wildman–Crippen LogP) is -0.944. The highest BCUT2D eigenvalue weighted by molar-refractivity contribution is 5.94. The molecule has 0 aromatic heterocycles. The van der Waals surface area contributed by atoms with E-state index in [2.05, 4.69) is 0 Å². The molecule has 62 valence electrons. The van der Waals surface area contributed by atoms with Gasteiger partial charge >= 0.3 is 5.97 Å². The maximum atomic E-state index is 10.7. The summed E-state index contributed by atoms with van der Waals surface area (Å²) in [7, 11) is 0. The summed E-state index contributed by atoms with van der Waals surface area (Å²) in [4.78, 5) is 21.6. The minimum absolute atomic E-state index is 0.310. The van der Waals surface area contributed by atoms with Gasteiger partial charge in [0.25, 0.3) is 5.91 Å². The molecule has 0 bridgehead atoms. The fraction of sp³-hybridized carbons (Fsp3) is 0.286. The molecular weight excluding hydrogens is 160 g/mol. The van der Waals surface area contributed by atoms with E-state index in [-0.39, 0.29) is 6.54 Å². The highest BCUT2D eigenvalue weighted by Crippen LogP contribution is 1.87. The lowest BCUT2D eigenvalue weighted by molar-refractivity contribution is -0.142. The number of carboxylic acid groups (broad SMARTS) is 1. The van der Waals surface area contributed by atoms with Crippen molar-refractivity contribution in [1.29, 1.82) is 5.26 Å². The normalized spacial score (nSPS) is 7.83. The van der Waals surface area contributed by atoms with Crippen LogP contribution in [0.15, 0.2) is 0 Å². The molecule has 0 aromatic rings. The molecule has 5 heteroatoms. The summed E-state index contributed by atoms with van der Waals surface area (Å²) in [5.74, 6) is -0.265. The molecule has 0 saturated heterocycles. The number of hydrogen-bond acceptors (Lipinski definition) is 3. The van der Waals surface area contributed by atoms with E-state index in [0.717, 1.165) is 4.90 Å². The Bertz CT molecular complexity index is 271. The van der Waals surface area contributed by atoms with Crippen molar-refractivity contribution in [3.8, 4) is 18.4 Å². The number of nitriles is 1. The van der Waals surface area contributed by atoms with Crippen LogP contribution in [0.5, 0.6) is 0 Å². The van der Waals surface area contributed by atoms with Crippen molar-refractivity contribution in [2.24, 2.45) is 0 Å². The van der Waals surface area contributed by atoms with Crippen molar-refractivity contribution in [1.82, 2.24) is 4.90 Å². The molecule has 0 aliphatic carbocycles. The first-order chi connectivity index (χ1) is 5.61. The maximum absolute atomic E-state index is 10.7. The van der Waals surface area contributed by atoms with Crippen molar-refractivity contribution in [2.45, 2.75) is 0 Å². The second-order valence-corrected chi connectivity index (χ2v) is 1.86. The lowest BCUT2D eigenvalue weighted by Crippen LogP contribution is -2.34. The van der Waals surface area contributed by atoms with E-state index in [9.17, 15) is 9.59 Å². The van der Waals surface area contributed by atoms with Crippen molar-refractivity contribution in [3.05, 3.63) is 0 Å². The van der Waals surface area contributed by atoms with Gasteiger partial charge in [-0.15, -0.1) is 6.42 Å². The Morgan fingerprint density at radius 3 is 2.50 bits per heavy atom. The number of carboxylic acids is 1. The molecule has 0 saturated carbocycles. The van der Waals surface area contributed by atoms with Gasteiger partial charge in [0.15, 0.2) is 0 Å². The summed E-state index contributed by atoms with van der Waals surface area (Å²) in [5, 5.41) is 16.5. The van der Waals surface area contributed by atoms with Crippen molar-refractivity contribution in [2.75, 3.05) is 13.1 Å². The molecule has 0 spiro atoms. The monoisotopic (exact) mass is 166 g/mol. The van der Waals surface area contributed by atoms with Crippen LogP contribution < -0.4 is 0 Å². The largest absolute Gasteiger partial charge is 0.480 e. The second kappa shape index (κ2) is 4.75. The third-order valence-corrected chi connectivity index (χ3v) is 0.998. The first kappa shape index (κ1) is 9.99. The standard InChI is InChI=1S/C7H6N2O3/c1-2-6(10)9(4-3-8)5-7(11)12/h1H,4-5H2,(H,11,12). The summed E-state index contributed by atoms with van der Waals surface area (Å²) in [6.07, 6.45) is 4.74. The first-order valence-electron chi connectivity index (χ1n) is 2.96. The van der Waals surface area contributed by atoms with E-state index >= 15 is 0 Å². The number of carbonyl (C=O) groups excluding carboxylic acids is 1. The van der Waals surface area contributed by atoms with Gasteiger partial charge in [0.2, 0.25) is 0 Å². The first-order valence-corrected chi connectivity index (χ1v) is 2.96. The Morgan fingerprint density at radius 1 is 1.58 bits per heavy atom. The van der Waals surface area contributed by atoms with E-state index in [1.807, 2.05) is 0 Å². The molecule has 0 heterocycles. The number of rotatable bonds is 3. The van der Waals surface area contributed by atoms with Crippen molar-refractivity contribution in [3.63, 3.8) is 0 Å². The van der Waals surface area contributed by atoms with Gasteiger partial charge in [-0.3, -0.25) is 9.59 Å². The molecule has 0 radical (unpaired) electrons. The van der Waals surface area contributed by atoms with Crippen molar-refractivity contribution >= 4 is 11.9 Å². The molecule has 12 heavy (non-hydrogen) atoms. The topological polar surface area (TPSA) is 81.4 Å². The minimum atomic E-state index is -1.20. The van der Waals surface area contributed by atoms with Crippen LogP contribution in [0.2, 0.25) is 0 Å². The van der Waals surface area contributed by atoms with E-state index in [1.54, 1.807) is 12.0 Å². The van der Waals surface area contributed by atoms with Crippen LogP contribution in [-0.2, 0) is 9.59 Å². The molecular formula is C7H6N2O3. The van der Waals surface area contributed by atoms with Gasteiger partial charge in [-0.25, -0.2) is 0 Å². The van der Waals surface area contributed by atoms with Gasteiger partial charge in [-0.2, -0.15) is 5.26 Å². The number of hydrogen-bond donors (Lipinski definition) is 1. The molecule has 0 aliphatic heterocycles. The third kappa shape index (κ3) is 3.23. The van der Waals surface area contributed by atoms with E-state index < -0.39 is 18.4 Å². The quantitative estimate of drug-likeness (QED) is 0.433. The van der Waals surface area contributed by atoms with Crippen LogP contribution in [0.3, 0.4) is 0 Å². The molecule has 1 N–H and O–H groups in total. The van der Waals surface area contributed by atoms with Crippen LogP contribution in [0.25, 0.3) is 0 Å². The molecule has 0 rings (SSSR count). The summed E-state index contributed by atoms with van der Waals surface area (Å²) in [5.41, 5.74) is 0. The Kier molecular flexibility index (Phi) is 3.96. The highest BCUT2D eigenvalue weighted by Gasteiger charge is 2.13. The second-order valence-electron chi connectivity index (χ2n) is 1.86. The third-order valence-electron chi connectivity index (χ3n) is 0.998. The van der Waals surface area contributed by atoms with E-state index in [4.69, 9.17) is 16.8 Å². The SMILES string of the molecule is C#CC(=O)N(CC#N)CC(=O)O. The summed E-state index contributed by atoms with van der Waals surface area (Å²) < 4.78 is 0. The zero-order valence-corrected chi connectivity index (χ0v) is 6.15. The van der Waals surface area contributed by atoms with Gasteiger partial charge in [0.1, 0.15) is 13.1 Å². The Labute approximate surface area is 69.2 Å². The zero-order valence-electron chi connectivity index (χ0n) is 6.15. The van der Waals surface area contributed by atoms with Crippen LogP contribution in [0.1, 0.15) is 0 Å². The molecule has 0 atom stereocenters. The molecule has 0 unspecified atom stereocenters. The summed E-state index contributed by atoms with van der Waals surface area (Å²) in [6.45, 7) is -0.855. The average molecular weight is 166 g/mol. The summed E-state index contributed by atoms with van der Waals surface area (Å²) >= 11 is 0. The smallest absolute Gasteiger partial charge is 0.323 e. The van der Waals surface area contributed by atoms with Crippen LogP contribution in [0, 0.1) is 23.7 Å². The lowest BCUT2D eigenvalue weighted by Gasteiger charge is -2.12. The van der Waals surface area contributed by atoms with Gasteiger partial charge < -0.3 is 10.0 Å². The van der Waals surface area contributed by atoms with E-state index in [1.165, 1.54) is 0 Å². The number of nitrogens with zero attached hydrogens (tertiary/aromatic N) is 2. The maximum Gasteiger partial charge on any atom is 0.323 e. The Hall–Kier alpha value is -2.01. The number of terminal acetylenes is 1. The van der Waals surface area contributed by atoms with Crippen LogP contribution in [0.4, 0.5) is 0 Å². The van der Waals surface area contributed by atoms with Gasteiger partial charge in [0, 0.05) is 0 Å². The number of amides is 1. The fourth-order valence-electron chi connectivity index (χ4n) is 0.539. The van der Waals surface area contributed by atoms with Crippen LogP contribution in [-0.4, -0.2) is 35.0 Å². The molecule has 0 aromatic carbocycles. The number of aliphatic carboxylic acids is 1. The van der Waals surface area contributed by atoms with Gasteiger partial charge in [-0.05, 0) is 5.92 Å². The van der Waals surface area contributed by atoms with Gasteiger partial charge in [0.05, 0.1) is 6.07 Å². The van der Waals surface area contributed by atoms with Crippen molar-refractivity contribution < 1.29 is 14.7 Å². The summed E-state index contributed by atoms with van der Waals surface area (Å²) in [6, 6.07) is 1.63. The predicted molar refractivity (Wildman–Crippen MR) is 38.7 cm³/mol. The molecule has 1 amide bonds.